The number of aromatic nitrogens is 2. The Morgan fingerprint density at radius 1 is 1.30 bits per heavy atom. The van der Waals surface area contributed by atoms with Crippen LogP contribution in [0.25, 0.3) is 0 Å². The molecule has 1 fully saturated rings. The van der Waals surface area contributed by atoms with Gasteiger partial charge in [0.1, 0.15) is 11.4 Å². The summed E-state index contributed by atoms with van der Waals surface area (Å²) in [4.78, 5) is 40.7. The third-order valence-corrected chi connectivity index (χ3v) is 4.31. The van der Waals surface area contributed by atoms with Gasteiger partial charge in [0.2, 0.25) is 0 Å². The second kappa shape index (κ2) is 7.12. The Hall–Kier alpha value is -1.89. The first-order valence-electron chi connectivity index (χ1n) is 8.17. The van der Waals surface area contributed by atoms with Crippen molar-refractivity contribution in [3.8, 4) is 0 Å². The fourth-order valence-electron chi connectivity index (χ4n) is 2.91. The molecule has 0 saturated carbocycles. The van der Waals surface area contributed by atoms with E-state index in [0.717, 1.165) is 25.9 Å². The molecule has 1 aliphatic heterocycles. The fourth-order valence-corrected chi connectivity index (χ4v) is 2.91. The summed E-state index contributed by atoms with van der Waals surface area (Å²) in [6, 6.07) is 0. The number of piperidine rings is 1. The van der Waals surface area contributed by atoms with Crippen molar-refractivity contribution < 1.29 is 4.79 Å². The SMILES string of the molecule is CC(C)Cn1c(N)c(C(=O)CN2CCC(C)CC2)c(=O)[nH]c1=O. The average Bonchev–Trinajstić information content (AvgIpc) is 2.45. The van der Waals surface area contributed by atoms with Crippen LogP contribution in [0.3, 0.4) is 0 Å². The molecule has 0 radical (unpaired) electrons. The summed E-state index contributed by atoms with van der Waals surface area (Å²) < 4.78 is 1.28. The molecule has 0 bridgehead atoms. The Labute approximate surface area is 135 Å². The number of nitrogens with one attached hydrogen (secondary N) is 1. The van der Waals surface area contributed by atoms with Gasteiger partial charge in [-0.15, -0.1) is 0 Å². The Balaban J connectivity index is 2.26. The normalized spacial score (nSPS) is 16.9. The van der Waals surface area contributed by atoms with Crippen LogP contribution in [0.1, 0.15) is 44.0 Å². The molecule has 7 heteroatoms. The van der Waals surface area contributed by atoms with Crippen molar-refractivity contribution in [3.63, 3.8) is 0 Å². The molecular weight excluding hydrogens is 296 g/mol. The molecule has 7 nitrogen and oxygen atoms in total. The van der Waals surface area contributed by atoms with Crippen LogP contribution in [-0.4, -0.2) is 39.9 Å². The number of nitrogen functional groups attached to an aromatic ring is 1. The average molecular weight is 322 g/mol. The molecule has 2 heterocycles. The Bertz CT molecular complexity index is 682. The molecule has 3 N–H and O–H groups in total. The molecule has 0 unspecified atom stereocenters. The largest absolute Gasteiger partial charge is 0.384 e. The van der Waals surface area contributed by atoms with Crippen LogP contribution >= 0.6 is 0 Å². The van der Waals surface area contributed by atoms with E-state index in [9.17, 15) is 14.4 Å². The van der Waals surface area contributed by atoms with E-state index in [2.05, 4.69) is 11.9 Å². The minimum absolute atomic E-state index is 0.0252. The summed E-state index contributed by atoms with van der Waals surface area (Å²) in [5.74, 6) is 0.494. The van der Waals surface area contributed by atoms with E-state index in [-0.39, 0.29) is 29.6 Å². The van der Waals surface area contributed by atoms with Crippen LogP contribution in [0.4, 0.5) is 5.82 Å². The smallest absolute Gasteiger partial charge is 0.329 e. The highest BCUT2D eigenvalue weighted by Gasteiger charge is 2.23. The van der Waals surface area contributed by atoms with Crippen molar-refractivity contribution in [1.29, 1.82) is 0 Å². The third-order valence-electron chi connectivity index (χ3n) is 4.31. The minimum Gasteiger partial charge on any atom is -0.384 e. The summed E-state index contributed by atoms with van der Waals surface area (Å²) in [6.45, 7) is 8.29. The predicted octanol–water partition coefficient (Wildman–Crippen LogP) is 0.689. The van der Waals surface area contributed by atoms with Gasteiger partial charge in [0.15, 0.2) is 5.78 Å². The molecule has 0 atom stereocenters. The number of nitrogens with zero attached hydrogens (tertiary/aromatic N) is 2. The van der Waals surface area contributed by atoms with Gasteiger partial charge in [-0.25, -0.2) is 4.79 Å². The van der Waals surface area contributed by atoms with Gasteiger partial charge in [-0.2, -0.15) is 0 Å². The molecule has 0 amide bonds. The van der Waals surface area contributed by atoms with Crippen LogP contribution in [-0.2, 0) is 6.54 Å². The van der Waals surface area contributed by atoms with E-state index in [0.29, 0.717) is 12.5 Å². The summed E-state index contributed by atoms with van der Waals surface area (Å²) in [7, 11) is 0. The van der Waals surface area contributed by atoms with Gasteiger partial charge in [-0.3, -0.25) is 24.0 Å². The number of hydrogen-bond donors (Lipinski definition) is 2. The zero-order valence-electron chi connectivity index (χ0n) is 14.1. The maximum Gasteiger partial charge on any atom is 0.329 e. The topological polar surface area (TPSA) is 101 Å². The van der Waals surface area contributed by atoms with Crippen LogP contribution in [0.5, 0.6) is 0 Å². The van der Waals surface area contributed by atoms with Gasteiger partial charge in [0, 0.05) is 6.54 Å². The second-order valence-electron chi connectivity index (χ2n) is 6.91. The van der Waals surface area contributed by atoms with Crippen LogP contribution < -0.4 is 17.0 Å². The lowest BCUT2D eigenvalue weighted by molar-refractivity contribution is 0.0898. The number of likely N-dealkylation sites (tertiary alicyclic amines) is 1. The van der Waals surface area contributed by atoms with Crippen LogP contribution in [0, 0.1) is 11.8 Å². The molecule has 2 rings (SSSR count). The number of rotatable bonds is 5. The van der Waals surface area contributed by atoms with E-state index in [1.165, 1.54) is 4.57 Å². The van der Waals surface area contributed by atoms with Gasteiger partial charge in [0.05, 0.1) is 6.54 Å². The molecule has 0 aliphatic carbocycles. The lowest BCUT2D eigenvalue weighted by Gasteiger charge is -2.29. The standard InChI is InChI=1S/C16H26N4O3/c1-10(2)8-20-14(17)13(15(22)18-16(20)23)12(21)9-19-6-4-11(3)5-7-19/h10-11H,4-9,17H2,1-3H3,(H,18,22,23). The minimum atomic E-state index is -0.692. The number of hydrogen-bond acceptors (Lipinski definition) is 5. The van der Waals surface area contributed by atoms with Crippen molar-refractivity contribution in [1.82, 2.24) is 14.5 Å². The molecular formula is C16H26N4O3. The van der Waals surface area contributed by atoms with E-state index < -0.39 is 11.2 Å². The molecule has 1 aromatic rings. The molecule has 0 spiro atoms. The maximum atomic E-state index is 12.5. The van der Waals surface area contributed by atoms with Gasteiger partial charge in [-0.05, 0) is 37.8 Å². The number of aromatic amines is 1. The zero-order chi connectivity index (χ0) is 17.1. The van der Waals surface area contributed by atoms with Crippen molar-refractivity contribution >= 4 is 11.6 Å². The summed E-state index contributed by atoms with van der Waals surface area (Å²) in [5, 5.41) is 0. The fraction of sp³-hybridized carbons (Fsp3) is 0.688. The van der Waals surface area contributed by atoms with Gasteiger partial charge < -0.3 is 5.73 Å². The molecule has 1 aliphatic rings. The highest BCUT2D eigenvalue weighted by Crippen LogP contribution is 2.16. The number of ketones is 1. The number of anilines is 1. The third kappa shape index (κ3) is 4.10. The highest BCUT2D eigenvalue weighted by molar-refractivity contribution is 6.01. The van der Waals surface area contributed by atoms with Crippen molar-refractivity contribution in [3.05, 3.63) is 26.4 Å². The van der Waals surface area contributed by atoms with Crippen molar-refractivity contribution in [2.75, 3.05) is 25.4 Å². The number of H-pyrrole nitrogens is 1. The van der Waals surface area contributed by atoms with Crippen LogP contribution in [0.15, 0.2) is 9.59 Å². The lowest BCUT2D eigenvalue weighted by atomic mass is 9.99. The van der Waals surface area contributed by atoms with E-state index >= 15 is 0 Å². The Morgan fingerprint density at radius 2 is 1.91 bits per heavy atom. The summed E-state index contributed by atoms with van der Waals surface area (Å²) >= 11 is 0. The molecule has 1 aromatic heterocycles. The zero-order valence-corrected chi connectivity index (χ0v) is 14.1. The first-order valence-corrected chi connectivity index (χ1v) is 8.17. The van der Waals surface area contributed by atoms with Gasteiger partial charge in [-0.1, -0.05) is 20.8 Å². The molecule has 23 heavy (non-hydrogen) atoms. The number of Topliss-reactive ketones (excluding diaryl/α,β-unsaturated/α-hetero) is 1. The summed E-state index contributed by atoms with van der Waals surface area (Å²) in [6.07, 6.45) is 2.10. The second-order valence-corrected chi connectivity index (χ2v) is 6.91. The Morgan fingerprint density at radius 3 is 2.48 bits per heavy atom. The van der Waals surface area contributed by atoms with Gasteiger partial charge >= 0.3 is 5.69 Å². The highest BCUT2D eigenvalue weighted by atomic mass is 16.2. The van der Waals surface area contributed by atoms with E-state index in [1.807, 2.05) is 18.7 Å². The van der Waals surface area contributed by atoms with Crippen molar-refractivity contribution in [2.24, 2.45) is 11.8 Å². The number of carbonyl (C=O) groups excluding carboxylic acids is 1. The molecule has 1 saturated heterocycles. The Kier molecular flexibility index (Phi) is 5.41. The quantitative estimate of drug-likeness (QED) is 0.777. The molecule has 0 aromatic carbocycles. The van der Waals surface area contributed by atoms with Crippen LogP contribution in [0.2, 0.25) is 0 Å². The van der Waals surface area contributed by atoms with E-state index in [1.54, 1.807) is 0 Å². The van der Waals surface area contributed by atoms with Crippen molar-refractivity contribution in [2.45, 2.75) is 40.2 Å². The van der Waals surface area contributed by atoms with Gasteiger partial charge in [0.25, 0.3) is 5.56 Å². The monoisotopic (exact) mass is 322 g/mol. The first kappa shape index (κ1) is 17.5. The number of nitrogens with two attached hydrogens (primary N) is 1. The maximum absolute atomic E-state index is 12.5. The lowest BCUT2D eigenvalue weighted by Crippen LogP contribution is -2.41. The molecule has 128 valence electrons. The summed E-state index contributed by atoms with van der Waals surface area (Å²) in [5.41, 5.74) is 4.61. The van der Waals surface area contributed by atoms with E-state index in [4.69, 9.17) is 5.73 Å². The first-order chi connectivity index (χ1) is 10.8. The predicted molar refractivity (Wildman–Crippen MR) is 89.7 cm³/mol. The number of carbonyl (C=O) groups is 1.